The number of nitrogens with zero attached hydrogens (tertiary/aromatic N) is 1. The zero-order valence-electron chi connectivity index (χ0n) is 12.4. The van der Waals surface area contributed by atoms with Crippen LogP contribution in [-0.4, -0.2) is 41.3 Å². The van der Waals surface area contributed by atoms with Crippen molar-refractivity contribution in [3.63, 3.8) is 0 Å². The zero-order chi connectivity index (χ0) is 15.8. The number of benzene rings is 1. The summed E-state index contributed by atoms with van der Waals surface area (Å²) in [7, 11) is 0. The van der Waals surface area contributed by atoms with Gasteiger partial charge in [0.1, 0.15) is 0 Å². The predicted molar refractivity (Wildman–Crippen MR) is 76.5 cm³/mol. The van der Waals surface area contributed by atoms with Crippen molar-refractivity contribution in [1.29, 1.82) is 0 Å². The summed E-state index contributed by atoms with van der Waals surface area (Å²) in [5, 5.41) is 9.48. The number of aliphatic hydroxyl groups excluding tert-OH is 1. The molecule has 1 amide bonds. The molecule has 0 spiro atoms. The van der Waals surface area contributed by atoms with Crippen LogP contribution in [0.1, 0.15) is 36.2 Å². The van der Waals surface area contributed by atoms with Crippen LogP contribution in [0.5, 0.6) is 0 Å². The average molecular weight is 291 g/mol. The van der Waals surface area contributed by atoms with E-state index in [1.165, 1.54) is 5.56 Å². The van der Waals surface area contributed by atoms with Gasteiger partial charge in [0.15, 0.2) is 0 Å². The molecule has 1 aromatic rings. The molecule has 1 aliphatic heterocycles. The molecule has 1 aliphatic rings. The summed E-state index contributed by atoms with van der Waals surface area (Å²) in [6.07, 6.45) is 1.58. The standard InChI is InChI=1S/C15H21NO2.CO2/c1-11(2)8-12-4-3-5-13(9-12)15(18)16-7-6-14(17)10-16;2-1-3/h3-5,9,11,14,17H,6-8,10H2,1-2H3;/t14-;/m1./s1. The highest BCUT2D eigenvalue weighted by atomic mass is 16.3. The molecule has 21 heavy (non-hydrogen) atoms. The van der Waals surface area contributed by atoms with E-state index in [4.69, 9.17) is 9.59 Å². The number of carbonyl (C=O) groups excluding carboxylic acids is 3. The lowest BCUT2D eigenvalue weighted by atomic mass is 10.0. The third-order valence-corrected chi connectivity index (χ3v) is 3.27. The maximum absolute atomic E-state index is 12.2. The minimum absolute atomic E-state index is 0.0390. The monoisotopic (exact) mass is 291 g/mol. The number of hydrogen-bond donors (Lipinski definition) is 1. The van der Waals surface area contributed by atoms with Crippen molar-refractivity contribution in [2.24, 2.45) is 5.92 Å². The normalized spacial score (nSPS) is 17.1. The average Bonchev–Trinajstić information content (AvgIpc) is 2.85. The van der Waals surface area contributed by atoms with Crippen molar-refractivity contribution in [2.75, 3.05) is 13.1 Å². The highest BCUT2D eigenvalue weighted by Crippen LogP contribution is 2.16. The van der Waals surface area contributed by atoms with Gasteiger partial charge in [0.05, 0.1) is 6.10 Å². The summed E-state index contributed by atoms with van der Waals surface area (Å²) in [6, 6.07) is 7.84. The molecule has 0 saturated carbocycles. The van der Waals surface area contributed by atoms with Crippen molar-refractivity contribution >= 4 is 12.1 Å². The van der Waals surface area contributed by atoms with Crippen molar-refractivity contribution in [3.8, 4) is 0 Å². The van der Waals surface area contributed by atoms with Crippen LogP contribution in [0.3, 0.4) is 0 Å². The molecule has 1 aromatic carbocycles. The summed E-state index contributed by atoms with van der Waals surface area (Å²) in [4.78, 5) is 30.2. The fourth-order valence-electron chi connectivity index (χ4n) is 2.41. The molecule has 1 N–H and O–H groups in total. The number of likely N-dealkylation sites (tertiary alicyclic amines) is 1. The Kier molecular flexibility index (Phi) is 6.79. The number of aliphatic hydroxyl groups is 1. The molecule has 2 rings (SSSR count). The van der Waals surface area contributed by atoms with E-state index >= 15 is 0 Å². The number of carbonyl (C=O) groups is 1. The van der Waals surface area contributed by atoms with Gasteiger partial charge in [-0.2, -0.15) is 9.59 Å². The minimum atomic E-state index is -0.354. The van der Waals surface area contributed by atoms with Crippen LogP contribution in [0.25, 0.3) is 0 Å². The first-order valence-electron chi connectivity index (χ1n) is 7.03. The second kappa shape index (κ2) is 8.35. The predicted octanol–water partition coefficient (Wildman–Crippen LogP) is 1.51. The molecule has 1 atom stereocenters. The Labute approximate surface area is 124 Å². The second-order valence-electron chi connectivity index (χ2n) is 5.58. The third-order valence-electron chi connectivity index (χ3n) is 3.27. The van der Waals surface area contributed by atoms with Crippen molar-refractivity contribution in [1.82, 2.24) is 4.90 Å². The number of hydrogen-bond acceptors (Lipinski definition) is 4. The van der Waals surface area contributed by atoms with Gasteiger partial charge in [0.25, 0.3) is 5.91 Å². The van der Waals surface area contributed by atoms with Crippen LogP contribution in [-0.2, 0) is 16.0 Å². The van der Waals surface area contributed by atoms with E-state index < -0.39 is 0 Å². The fourth-order valence-corrected chi connectivity index (χ4v) is 2.41. The molecule has 1 heterocycles. The lowest BCUT2D eigenvalue weighted by Gasteiger charge is -2.16. The first-order chi connectivity index (χ1) is 9.97. The van der Waals surface area contributed by atoms with E-state index in [2.05, 4.69) is 19.9 Å². The number of amides is 1. The number of β-amino-alcohol motifs (C(OH)–C–C–N with tert-alkyl or cyclic N) is 1. The molecular weight excluding hydrogens is 270 g/mol. The van der Waals surface area contributed by atoms with Crippen LogP contribution in [0.4, 0.5) is 0 Å². The highest BCUT2D eigenvalue weighted by molar-refractivity contribution is 5.94. The fraction of sp³-hybridized carbons (Fsp3) is 0.500. The van der Waals surface area contributed by atoms with Gasteiger partial charge in [-0.05, 0) is 36.5 Å². The largest absolute Gasteiger partial charge is 0.391 e. The summed E-state index contributed by atoms with van der Waals surface area (Å²) in [5.74, 6) is 0.626. The Balaban J connectivity index is 0.000000677. The molecule has 0 unspecified atom stereocenters. The minimum Gasteiger partial charge on any atom is -0.391 e. The van der Waals surface area contributed by atoms with Gasteiger partial charge in [-0.3, -0.25) is 4.79 Å². The molecule has 0 bridgehead atoms. The van der Waals surface area contributed by atoms with E-state index in [1.54, 1.807) is 4.90 Å². The van der Waals surface area contributed by atoms with Crippen molar-refractivity contribution in [2.45, 2.75) is 32.8 Å². The van der Waals surface area contributed by atoms with E-state index in [1.807, 2.05) is 18.2 Å². The Morgan fingerprint density at radius 3 is 2.62 bits per heavy atom. The van der Waals surface area contributed by atoms with Gasteiger partial charge in [0.2, 0.25) is 0 Å². The second-order valence-corrected chi connectivity index (χ2v) is 5.58. The molecule has 1 fully saturated rings. The molecule has 0 radical (unpaired) electrons. The lowest BCUT2D eigenvalue weighted by molar-refractivity contribution is -0.191. The van der Waals surface area contributed by atoms with Gasteiger partial charge in [-0.15, -0.1) is 0 Å². The first kappa shape index (κ1) is 17.1. The van der Waals surface area contributed by atoms with Gasteiger partial charge < -0.3 is 10.0 Å². The van der Waals surface area contributed by atoms with Gasteiger partial charge in [0, 0.05) is 18.7 Å². The van der Waals surface area contributed by atoms with Gasteiger partial charge in [-0.25, -0.2) is 0 Å². The van der Waals surface area contributed by atoms with E-state index in [-0.39, 0.29) is 18.2 Å². The third kappa shape index (κ3) is 5.50. The van der Waals surface area contributed by atoms with Crippen LogP contribution in [0, 0.1) is 5.92 Å². The van der Waals surface area contributed by atoms with Crippen molar-refractivity contribution < 1.29 is 19.5 Å². The summed E-state index contributed by atoms with van der Waals surface area (Å²) in [5.41, 5.74) is 1.94. The Morgan fingerprint density at radius 1 is 1.43 bits per heavy atom. The molecule has 5 heteroatoms. The number of rotatable bonds is 3. The van der Waals surface area contributed by atoms with Crippen LogP contribution < -0.4 is 0 Å². The summed E-state index contributed by atoms with van der Waals surface area (Å²) in [6.45, 7) is 5.47. The highest BCUT2D eigenvalue weighted by Gasteiger charge is 2.25. The Morgan fingerprint density at radius 2 is 2.10 bits per heavy atom. The smallest absolute Gasteiger partial charge is 0.373 e. The van der Waals surface area contributed by atoms with E-state index in [0.29, 0.717) is 25.4 Å². The van der Waals surface area contributed by atoms with Gasteiger partial charge in [-0.1, -0.05) is 26.0 Å². The first-order valence-corrected chi connectivity index (χ1v) is 7.03. The van der Waals surface area contributed by atoms with Crippen LogP contribution in [0.15, 0.2) is 24.3 Å². The van der Waals surface area contributed by atoms with Crippen molar-refractivity contribution in [3.05, 3.63) is 35.4 Å². The Bertz CT molecular complexity index is 507. The molecular formula is C16H21NO4. The lowest BCUT2D eigenvalue weighted by Crippen LogP contribution is -2.29. The maximum Gasteiger partial charge on any atom is 0.373 e. The van der Waals surface area contributed by atoms with Crippen LogP contribution >= 0.6 is 0 Å². The SMILES string of the molecule is CC(C)Cc1cccc(C(=O)N2CC[C@@H](O)C2)c1.O=C=O. The zero-order valence-corrected chi connectivity index (χ0v) is 12.4. The van der Waals surface area contributed by atoms with E-state index in [0.717, 1.165) is 12.0 Å². The molecule has 0 aliphatic carbocycles. The molecule has 114 valence electrons. The molecule has 0 aromatic heterocycles. The molecule has 1 saturated heterocycles. The van der Waals surface area contributed by atoms with Crippen LogP contribution in [0.2, 0.25) is 0 Å². The Hall–Kier alpha value is -1.97. The quantitative estimate of drug-likeness (QED) is 0.916. The van der Waals surface area contributed by atoms with Gasteiger partial charge >= 0.3 is 6.15 Å². The summed E-state index contributed by atoms with van der Waals surface area (Å²) >= 11 is 0. The molecule has 5 nitrogen and oxygen atoms in total. The van der Waals surface area contributed by atoms with E-state index in [9.17, 15) is 9.90 Å². The maximum atomic E-state index is 12.2. The topological polar surface area (TPSA) is 74.7 Å². The summed E-state index contributed by atoms with van der Waals surface area (Å²) < 4.78 is 0.